The molecule has 1 heterocycles. The highest BCUT2D eigenvalue weighted by Crippen LogP contribution is 2.39. The molecule has 1 fully saturated rings. The molecule has 4 rings (SSSR count). The topological polar surface area (TPSA) is 66.1 Å². The van der Waals surface area contributed by atoms with Crippen molar-refractivity contribution >= 4 is 34.1 Å². The molecule has 156 valence electrons. The smallest absolute Gasteiger partial charge is 0.336 e. The lowest BCUT2D eigenvalue weighted by Crippen LogP contribution is -2.29. The van der Waals surface area contributed by atoms with Crippen LogP contribution in [0, 0.1) is 23.1 Å². The Labute approximate surface area is 179 Å². The van der Waals surface area contributed by atoms with Gasteiger partial charge in [0.15, 0.2) is 0 Å². The molecule has 0 radical (unpaired) electrons. The Morgan fingerprint density at radius 2 is 1.90 bits per heavy atom. The van der Waals surface area contributed by atoms with Gasteiger partial charge in [0.05, 0.1) is 5.02 Å². The standard InChI is InChI=1S/C24H24ClFN2O2/c1-14(24(27)28-19-8-9-21(26)20(25)13-19)15-2-4-16(5-3-15)17-6-10-22-18(12-17)7-11-23(29)30-22/h6-16H,2-5H2,1H3,(H2,27,28). The van der Waals surface area contributed by atoms with Crippen molar-refractivity contribution in [2.75, 3.05) is 5.32 Å². The molecule has 6 heteroatoms. The van der Waals surface area contributed by atoms with E-state index in [0.29, 0.717) is 28.9 Å². The van der Waals surface area contributed by atoms with Gasteiger partial charge in [-0.1, -0.05) is 24.6 Å². The molecule has 4 nitrogen and oxygen atoms in total. The van der Waals surface area contributed by atoms with Crippen molar-refractivity contribution in [3.8, 4) is 0 Å². The van der Waals surface area contributed by atoms with Gasteiger partial charge in [0.2, 0.25) is 0 Å². The minimum atomic E-state index is -0.462. The van der Waals surface area contributed by atoms with E-state index in [-0.39, 0.29) is 16.6 Å². The van der Waals surface area contributed by atoms with Crippen LogP contribution in [0.3, 0.4) is 0 Å². The summed E-state index contributed by atoms with van der Waals surface area (Å²) >= 11 is 5.84. The number of hydrogen-bond donors (Lipinski definition) is 2. The zero-order valence-electron chi connectivity index (χ0n) is 16.8. The van der Waals surface area contributed by atoms with Crippen LogP contribution in [0.1, 0.15) is 44.1 Å². The van der Waals surface area contributed by atoms with Crippen LogP contribution in [-0.4, -0.2) is 5.84 Å². The van der Waals surface area contributed by atoms with Gasteiger partial charge in [0.25, 0.3) is 0 Å². The summed E-state index contributed by atoms with van der Waals surface area (Å²) in [5.41, 5.74) is 2.20. The molecule has 2 aromatic carbocycles. The lowest BCUT2D eigenvalue weighted by molar-refractivity contribution is 0.286. The highest BCUT2D eigenvalue weighted by Gasteiger charge is 2.28. The summed E-state index contributed by atoms with van der Waals surface area (Å²) in [4.78, 5) is 11.4. The van der Waals surface area contributed by atoms with Crippen molar-refractivity contribution < 1.29 is 8.81 Å². The van der Waals surface area contributed by atoms with Crippen LogP contribution >= 0.6 is 11.6 Å². The molecule has 0 bridgehead atoms. The molecule has 0 spiro atoms. The van der Waals surface area contributed by atoms with E-state index < -0.39 is 5.82 Å². The molecule has 1 aliphatic carbocycles. The summed E-state index contributed by atoms with van der Waals surface area (Å²) in [5, 5.41) is 12.5. The van der Waals surface area contributed by atoms with Gasteiger partial charge in [0, 0.05) is 23.1 Å². The first-order valence-corrected chi connectivity index (χ1v) is 10.6. The van der Waals surface area contributed by atoms with Crippen LogP contribution in [0.5, 0.6) is 0 Å². The Balaban J connectivity index is 1.37. The SMILES string of the molecule is CC(C(=N)Nc1ccc(F)c(Cl)c1)C1CCC(c2ccc3oc(=O)ccc3c2)CC1. The van der Waals surface area contributed by atoms with E-state index in [1.807, 2.05) is 12.1 Å². The maximum atomic E-state index is 13.3. The fourth-order valence-electron chi connectivity index (χ4n) is 4.38. The van der Waals surface area contributed by atoms with E-state index in [2.05, 4.69) is 24.4 Å². The van der Waals surface area contributed by atoms with Gasteiger partial charge in [-0.15, -0.1) is 0 Å². The maximum absolute atomic E-state index is 13.3. The fourth-order valence-corrected chi connectivity index (χ4v) is 4.56. The summed E-state index contributed by atoms with van der Waals surface area (Å²) in [6.07, 6.45) is 4.21. The van der Waals surface area contributed by atoms with Gasteiger partial charge < -0.3 is 9.73 Å². The molecule has 0 amide bonds. The summed E-state index contributed by atoms with van der Waals surface area (Å²) < 4.78 is 18.6. The first kappa shape index (κ1) is 20.6. The lowest BCUT2D eigenvalue weighted by Gasteiger charge is -2.33. The predicted octanol–water partition coefficient (Wildman–Crippen LogP) is 6.58. The quantitative estimate of drug-likeness (QED) is 0.281. The highest BCUT2D eigenvalue weighted by molar-refractivity contribution is 6.31. The number of hydrogen-bond acceptors (Lipinski definition) is 3. The van der Waals surface area contributed by atoms with Gasteiger partial charge in [0.1, 0.15) is 17.2 Å². The van der Waals surface area contributed by atoms with Crippen molar-refractivity contribution in [3.05, 3.63) is 75.4 Å². The molecule has 0 saturated heterocycles. The lowest BCUT2D eigenvalue weighted by atomic mass is 9.74. The second-order valence-corrected chi connectivity index (χ2v) is 8.53. The average Bonchev–Trinajstić information content (AvgIpc) is 2.75. The Morgan fingerprint density at radius 1 is 1.13 bits per heavy atom. The maximum Gasteiger partial charge on any atom is 0.336 e. The Kier molecular flexibility index (Phi) is 5.91. The molecular weight excluding hydrogens is 403 g/mol. The molecule has 0 aliphatic heterocycles. The Bertz CT molecular complexity index is 1140. The summed E-state index contributed by atoms with van der Waals surface area (Å²) in [5.74, 6) is 0.955. The third-order valence-corrected chi connectivity index (χ3v) is 6.54. The third-order valence-electron chi connectivity index (χ3n) is 6.25. The number of amidine groups is 1. The van der Waals surface area contributed by atoms with E-state index in [1.54, 1.807) is 6.07 Å². The van der Waals surface area contributed by atoms with Crippen molar-refractivity contribution in [1.82, 2.24) is 0 Å². The second kappa shape index (κ2) is 8.60. The monoisotopic (exact) mass is 426 g/mol. The second-order valence-electron chi connectivity index (χ2n) is 8.12. The van der Waals surface area contributed by atoms with E-state index >= 15 is 0 Å². The number of fused-ring (bicyclic) bond motifs is 1. The zero-order valence-corrected chi connectivity index (χ0v) is 17.5. The number of rotatable bonds is 4. The zero-order chi connectivity index (χ0) is 21.3. The third kappa shape index (κ3) is 4.41. The number of nitrogens with one attached hydrogen (secondary N) is 2. The summed E-state index contributed by atoms with van der Waals surface area (Å²) in [6, 6.07) is 13.7. The average molecular weight is 427 g/mol. The van der Waals surface area contributed by atoms with E-state index in [4.69, 9.17) is 21.4 Å². The molecule has 1 aliphatic rings. The molecule has 3 aromatic rings. The van der Waals surface area contributed by atoms with E-state index in [1.165, 1.54) is 23.8 Å². The number of halogens is 2. The van der Waals surface area contributed by atoms with Crippen LogP contribution < -0.4 is 10.9 Å². The number of benzene rings is 2. The van der Waals surface area contributed by atoms with Crippen molar-refractivity contribution in [3.63, 3.8) is 0 Å². The van der Waals surface area contributed by atoms with Gasteiger partial charge in [-0.2, -0.15) is 0 Å². The van der Waals surface area contributed by atoms with Crippen LogP contribution in [0.25, 0.3) is 11.0 Å². The van der Waals surface area contributed by atoms with Crippen molar-refractivity contribution in [2.24, 2.45) is 11.8 Å². The highest BCUT2D eigenvalue weighted by atomic mass is 35.5. The van der Waals surface area contributed by atoms with Gasteiger partial charge in [-0.05, 0) is 79.5 Å². The summed E-state index contributed by atoms with van der Waals surface area (Å²) in [7, 11) is 0. The summed E-state index contributed by atoms with van der Waals surface area (Å²) in [6.45, 7) is 2.07. The minimum Gasteiger partial charge on any atom is -0.423 e. The fraction of sp³-hybridized carbons (Fsp3) is 0.333. The largest absolute Gasteiger partial charge is 0.423 e. The number of anilines is 1. The van der Waals surface area contributed by atoms with Crippen LogP contribution in [-0.2, 0) is 0 Å². The predicted molar refractivity (Wildman–Crippen MR) is 119 cm³/mol. The Morgan fingerprint density at radius 3 is 2.63 bits per heavy atom. The molecular formula is C24H24ClFN2O2. The van der Waals surface area contributed by atoms with E-state index in [9.17, 15) is 9.18 Å². The normalized spacial score (nSPS) is 20.1. The van der Waals surface area contributed by atoms with Crippen LogP contribution in [0.15, 0.2) is 57.7 Å². The Hall–Kier alpha value is -2.66. The van der Waals surface area contributed by atoms with Gasteiger partial charge in [-0.25, -0.2) is 9.18 Å². The van der Waals surface area contributed by atoms with Gasteiger partial charge in [-0.3, -0.25) is 5.41 Å². The first-order valence-electron chi connectivity index (χ1n) is 10.2. The first-order chi connectivity index (χ1) is 14.4. The van der Waals surface area contributed by atoms with Gasteiger partial charge >= 0.3 is 5.63 Å². The van der Waals surface area contributed by atoms with E-state index in [0.717, 1.165) is 31.1 Å². The molecule has 30 heavy (non-hydrogen) atoms. The van der Waals surface area contributed by atoms with Crippen molar-refractivity contribution in [1.29, 1.82) is 5.41 Å². The molecule has 1 aromatic heterocycles. The molecule has 2 N–H and O–H groups in total. The minimum absolute atomic E-state index is 0.0515. The van der Waals surface area contributed by atoms with Crippen LogP contribution in [0.4, 0.5) is 10.1 Å². The molecule has 1 unspecified atom stereocenters. The molecule has 1 atom stereocenters. The van der Waals surface area contributed by atoms with Crippen LogP contribution in [0.2, 0.25) is 5.02 Å². The molecule has 1 saturated carbocycles. The van der Waals surface area contributed by atoms with Crippen molar-refractivity contribution in [2.45, 2.75) is 38.5 Å².